The number of nitrogen functional groups attached to an aromatic ring is 1. The predicted molar refractivity (Wildman–Crippen MR) is 99.9 cm³/mol. The molecule has 2 N–H and O–H groups in total. The lowest BCUT2D eigenvalue weighted by atomic mass is 9.97. The molecule has 0 saturated carbocycles. The van der Waals surface area contributed by atoms with E-state index in [1.165, 1.54) is 20.2 Å². The molecule has 2 aromatic rings. The lowest BCUT2D eigenvalue weighted by Crippen LogP contribution is -2.41. The van der Waals surface area contributed by atoms with Gasteiger partial charge in [-0.3, -0.25) is 18.7 Å². The van der Waals surface area contributed by atoms with E-state index in [2.05, 4.69) is 0 Å². The number of carbonyl (C=O) groups excluding carboxylic acids is 1. The normalized spacial score (nSPS) is 11.3. The zero-order chi connectivity index (χ0) is 19.8. The van der Waals surface area contributed by atoms with Gasteiger partial charge in [0.1, 0.15) is 23.0 Å². The van der Waals surface area contributed by atoms with Crippen molar-refractivity contribution in [2.45, 2.75) is 20.8 Å². The average Bonchev–Trinajstić information content (AvgIpc) is 2.60. The summed E-state index contributed by atoms with van der Waals surface area (Å²) in [5, 5.41) is 9.45. The Hall–Kier alpha value is -3.40. The molecule has 7 nitrogen and oxygen atoms in total. The Morgan fingerprint density at radius 1 is 1.08 bits per heavy atom. The third-order valence-corrected chi connectivity index (χ3v) is 4.48. The van der Waals surface area contributed by atoms with Gasteiger partial charge in [-0.2, -0.15) is 5.26 Å². The standard InChI is InChI=1S/C19H20N4O3/c1-10-6-12(3)13(7-11(10)2)8-14(9-20)16(24)15-17(21)22(4)19(26)23(5)18(15)25/h6-8H,21H2,1-5H3/b14-8+. The molecule has 1 aromatic heterocycles. The summed E-state index contributed by atoms with van der Waals surface area (Å²) in [6.45, 7) is 5.78. The molecule has 1 heterocycles. The van der Waals surface area contributed by atoms with E-state index < -0.39 is 17.0 Å². The summed E-state index contributed by atoms with van der Waals surface area (Å²) < 4.78 is 1.80. The second-order valence-electron chi connectivity index (χ2n) is 6.26. The molecule has 0 spiro atoms. The maximum absolute atomic E-state index is 12.8. The second-order valence-corrected chi connectivity index (χ2v) is 6.26. The maximum atomic E-state index is 12.8. The summed E-state index contributed by atoms with van der Waals surface area (Å²) in [5.74, 6) is -1.07. The number of anilines is 1. The molecule has 0 aliphatic heterocycles. The predicted octanol–water partition coefficient (Wildman–Crippen LogP) is 1.38. The average molecular weight is 352 g/mol. The highest BCUT2D eigenvalue weighted by molar-refractivity contribution is 6.16. The Labute approximate surface area is 150 Å². The van der Waals surface area contributed by atoms with Crippen LogP contribution in [-0.2, 0) is 14.1 Å². The van der Waals surface area contributed by atoms with Crippen LogP contribution in [0.5, 0.6) is 0 Å². The zero-order valence-electron chi connectivity index (χ0n) is 15.4. The summed E-state index contributed by atoms with van der Waals surface area (Å²) in [6, 6.07) is 5.67. The largest absolute Gasteiger partial charge is 0.384 e. The van der Waals surface area contributed by atoms with Crippen molar-refractivity contribution in [1.82, 2.24) is 9.13 Å². The van der Waals surface area contributed by atoms with E-state index in [9.17, 15) is 19.6 Å². The van der Waals surface area contributed by atoms with Crippen molar-refractivity contribution in [2.24, 2.45) is 14.1 Å². The molecular weight excluding hydrogens is 332 g/mol. The van der Waals surface area contributed by atoms with E-state index >= 15 is 0 Å². The fraction of sp³-hybridized carbons (Fsp3) is 0.263. The van der Waals surface area contributed by atoms with Crippen molar-refractivity contribution in [1.29, 1.82) is 5.26 Å². The highest BCUT2D eigenvalue weighted by Crippen LogP contribution is 2.20. The quantitative estimate of drug-likeness (QED) is 0.510. The number of aromatic nitrogens is 2. The van der Waals surface area contributed by atoms with Gasteiger partial charge >= 0.3 is 5.69 Å². The van der Waals surface area contributed by atoms with Gasteiger partial charge in [-0.05, 0) is 49.1 Å². The SMILES string of the molecule is Cc1cc(C)c(/C=C(\C#N)C(=O)c2c(N)n(C)c(=O)n(C)c2=O)cc1C. The number of nitriles is 1. The molecule has 134 valence electrons. The molecule has 0 aliphatic rings. The summed E-state index contributed by atoms with van der Waals surface area (Å²) >= 11 is 0. The van der Waals surface area contributed by atoms with E-state index in [0.717, 1.165) is 25.8 Å². The van der Waals surface area contributed by atoms with Crippen molar-refractivity contribution in [3.05, 3.63) is 66.4 Å². The van der Waals surface area contributed by atoms with Crippen molar-refractivity contribution in [3.8, 4) is 6.07 Å². The summed E-state index contributed by atoms with van der Waals surface area (Å²) in [5.41, 5.74) is 7.45. The molecule has 0 unspecified atom stereocenters. The van der Waals surface area contributed by atoms with Gasteiger partial charge < -0.3 is 5.73 Å². The molecule has 0 bridgehead atoms. The van der Waals surface area contributed by atoms with Crippen LogP contribution in [0, 0.1) is 32.1 Å². The smallest absolute Gasteiger partial charge is 0.332 e. The molecule has 7 heteroatoms. The Morgan fingerprint density at radius 3 is 2.23 bits per heavy atom. The van der Waals surface area contributed by atoms with Crippen LogP contribution in [0.15, 0.2) is 27.3 Å². The van der Waals surface area contributed by atoms with E-state index in [0.29, 0.717) is 5.56 Å². The molecule has 26 heavy (non-hydrogen) atoms. The number of nitrogens with two attached hydrogens (primary N) is 1. The summed E-state index contributed by atoms with van der Waals surface area (Å²) in [4.78, 5) is 37.0. The number of hydrogen-bond donors (Lipinski definition) is 1. The highest BCUT2D eigenvalue weighted by Gasteiger charge is 2.23. The highest BCUT2D eigenvalue weighted by atomic mass is 16.2. The van der Waals surface area contributed by atoms with Crippen molar-refractivity contribution >= 4 is 17.7 Å². The molecule has 0 aliphatic carbocycles. The van der Waals surface area contributed by atoms with Crippen molar-refractivity contribution in [3.63, 3.8) is 0 Å². The zero-order valence-corrected chi connectivity index (χ0v) is 15.4. The van der Waals surface area contributed by atoms with Crippen LogP contribution >= 0.6 is 0 Å². The van der Waals surface area contributed by atoms with Crippen LogP contribution in [-0.4, -0.2) is 14.9 Å². The fourth-order valence-electron chi connectivity index (χ4n) is 2.65. The lowest BCUT2D eigenvalue weighted by molar-refractivity contribution is 0.103. The minimum absolute atomic E-state index is 0.223. The second kappa shape index (κ2) is 6.84. The molecular formula is C19H20N4O3. The first-order valence-electron chi connectivity index (χ1n) is 7.90. The van der Waals surface area contributed by atoms with Crippen LogP contribution < -0.4 is 17.0 Å². The summed E-state index contributed by atoms with van der Waals surface area (Å²) in [7, 11) is 2.61. The number of carbonyl (C=O) groups is 1. The van der Waals surface area contributed by atoms with Gasteiger partial charge in [0.25, 0.3) is 5.56 Å². The third-order valence-electron chi connectivity index (χ3n) is 4.48. The number of aryl methyl sites for hydroxylation is 3. The number of ketones is 1. The molecule has 1 aromatic carbocycles. The van der Waals surface area contributed by atoms with Gasteiger partial charge in [-0.25, -0.2) is 4.79 Å². The number of allylic oxidation sites excluding steroid dienone is 1. The van der Waals surface area contributed by atoms with Crippen molar-refractivity contribution in [2.75, 3.05) is 5.73 Å². The number of nitrogens with zero attached hydrogens (tertiary/aromatic N) is 3. The molecule has 0 fully saturated rings. The fourth-order valence-corrected chi connectivity index (χ4v) is 2.65. The molecule has 0 saturated heterocycles. The van der Waals surface area contributed by atoms with Crippen molar-refractivity contribution < 1.29 is 4.79 Å². The van der Waals surface area contributed by atoms with Gasteiger partial charge in [0.05, 0.1) is 0 Å². The van der Waals surface area contributed by atoms with Gasteiger partial charge in [-0.15, -0.1) is 0 Å². The Morgan fingerprint density at radius 2 is 1.65 bits per heavy atom. The number of rotatable bonds is 3. The van der Waals surface area contributed by atoms with Gasteiger partial charge in [0, 0.05) is 14.1 Å². The summed E-state index contributed by atoms with van der Waals surface area (Å²) in [6.07, 6.45) is 1.44. The van der Waals surface area contributed by atoms with E-state index in [1.807, 2.05) is 39.0 Å². The molecule has 0 atom stereocenters. The van der Waals surface area contributed by atoms with Crippen LogP contribution in [0.3, 0.4) is 0 Å². The maximum Gasteiger partial charge on any atom is 0.332 e. The van der Waals surface area contributed by atoms with Crippen LogP contribution in [0.4, 0.5) is 5.82 Å². The monoisotopic (exact) mass is 352 g/mol. The molecule has 0 amide bonds. The first kappa shape index (κ1) is 18.9. The topological polar surface area (TPSA) is 111 Å². The minimum atomic E-state index is -0.825. The van der Waals surface area contributed by atoms with Gasteiger partial charge in [0.2, 0.25) is 5.78 Å². The van der Waals surface area contributed by atoms with Crippen LogP contribution in [0.25, 0.3) is 6.08 Å². The number of hydrogen-bond acceptors (Lipinski definition) is 5. The first-order valence-corrected chi connectivity index (χ1v) is 7.90. The van der Waals surface area contributed by atoms with Crippen LogP contribution in [0.1, 0.15) is 32.6 Å². The third kappa shape index (κ3) is 3.09. The number of Topliss-reactive ketones (excluding diaryl/α,β-unsaturated/α-hetero) is 1. The Balaban J connectivity index is 2.70. The number of benzene rings is 1. The van der Waals surface area contributed by atoms with E-state index in [-0.39, 0.29) is 17.0 Å². The van der Waals surface area contributed by atoms with Crippen LogP contribution in [0.2, 0.25) is 0 Å². The van der Waals surface area contributed by atoms with E-state index in [1.54, 1.807) is 0 Å². The Kier molecular flexibility index (Phi) is 4.98. The minimum Gasteiger partial charge on any atom is -0.384 e. The van der Waals surface area contributed by atoms with E-state index in [4.69, 9.17) is 5.73 Å². The van der Waals surface area contributed by atoms with Gasteiger partial charge in [-0.1, -0.05) is 12.1 Å². The first-order chi connectivity index (χ1) is 12.1. The Bertz CT molecular complexity index is 1110. The van der Waals surface area contributed by atoms with Gasteiger partial charge in [0.15, 0.2) is 0 Å². The molecule has 0 radical (unpaired) electrons. The molecule has 2 rings (SSSR count). The lowest BCUT2D eigenvalue weighted by Gasteiger charge is -2.11.